The van der Waals surface area contributed by atoms with Crippen LogP contribution in [0.3, 0.4) is 0 Å². The zero-order valence-electron chi connectivity index (χ0n) is 12.9. The summed E-state index contributed by atoms with van der Waals surface area (Å²) in [5, 5.41) is 12.5. The Labute approximate surface area is 126 Å². The third kappa shape index (κ3) is 3.88. The van der Waals surface area contributed by atoms with Crippen molar-refractivity contribution in [1.82, 2.24) is 4.90 Å². The number of rotatable bonds is 5. The summed E-state index contributed by atoms with van der Waals surface area (Å²) in [5.74, 6) is -0.983. The maximum atomic E-state index is 11.2. The number of hydrogen-bond donors (Lipinski definition) is 3. The summed E-state index contributed by atoms with van der Waals surface area (Å²) in [5.41, 5.74) is 7.94. The Morgan fingerprint density at radius 1 is 1.38 bits per heavy atom. The van der Waals surface area contributed by atoms with E-state index in [0.29, 0.717) is 11.7 Å². The largest absolute Gasteiger partial charge is 0.478 e. The average molecular weight is 291 g/mol. The van der Waals surface area contributed by atoms with Crippen LogP contribution < -0.4 is 11.1 Å². The van der Waals surface area contributed by atoms with E-state index in [-0.39, 0.29) is 5.56 Å². The molecule has 4 N–H and O–H groups in total. The predicted molar refractivity (Wildman–Crippen MR) is 85.9 cm³/mol. The van der Waals surface area contributed by atoms with Gasteiger partial charge in [-0.25, -0.2) is 4.79 Å². The van der Waals surface area contributed by atoms with Gasteiger partial charge in [0.2, 0.25) is 0 Å². The number of benzene rings is 1. The van der Waals surface area contributed by atoms with E-state index in [0.717, 1.165) is 30.9 Å². The topological polar surface area (TPSA) is 78.6 Å². The summed E-state index contributed by atoms with van der Waals surface area (Å²) in [6, 6.07) is 3.97. The third-order valence-corrected chi connectivity index (χ3v) is 4.23. The molecule has 0 bridgehead atoms. The molecule has 0 aromatic heterocycles. The van der Waals surface area contributed by atoms with Crippen LogP contribution in [-0.4, -0.2) is 41.7 Å². The van der Waals surface area contributed by atoms with Crippen molar-refractivity contribution in [3.63, 3.8) is 0 Å². The van der Waals surface area contributed by atoms with Crippen LogP contribution in [0.25, 0.3) is 0 Å². The standard InChI is InChI=1S/C16H25N3O2/c1-11-8-13(9-14(15(11)17)16(20)21)18-10-12(2)19-6-4-3-5-7-19/h8-9,12,18H,3-7,10,17H2,1-2H3,(H,20,21). The van der Waals surface area contributed by atoms with Gasteiger partial charge >= 0.3 is 5.97 Å². The third-order valence-electron chi connectivity index (χ3n) is 4.23. The molecule has 0 radical (unpaired) electrons. The smallest absolute Gasteiger partial charge is 0.337 e. The van der Waals surface area contributed by atoms with Crippen LogP contribution in [0.5, 0.6) is 0 Å². The second-order valence-electron chi connectivity index (χ2n) is 5.89. The van der Waals surface area contributed by atoms with Crippen molar-refractivity contribution in [1.29, 1.82) is 0 Å². The second-order valence-corrected chi connectivity index (χ2v) is 5.89. The fourth-order valence-electron chi connectivity index (χ4n) is 2.83. The maximum Gasteiger partial charge on any atom is 0.337 e. The molecule has 1 unspecified atom stereocenters. The van der Waals surface area contributed by atoms with E-state index in [4.69, 9.17) is 5.73 Å². The van der Waals surface area contributed by atoms with Gasteiger partial charge in [-0.1, -0.05) is 6.42 Å². The van der Waals surface area contributed by atoms with E-state index in [2.05, 4.69) is 17.1 Å². The van der Waals surface area contributed by atoms with Crippen LogP contribution in [0.4, 0.5) is 11.4 Å². The Hall–Kier alpha value is -1.75. The number of likely N-dealkylation sites (tertiary alicyclic amines) is 1. The monoisotopic (exact) mass is 291 g/mol. The number of carbonyl (C=O) groups is 1. The lowest BCUT2D eigenvalue weighted by atomic mass is 10.1. The van der Waals surface area contributed by atoms with Crippen LogP contribution >= 0.6 is 0 Å². The summed E-state index contributed by atoms with van der Waals surface area (Å²) in [7, 11) is 0. The van der Waals surface area contributed by atoms with Gasteiger partial charge in [-0.2, -0.15) is 0 Å². The molecule has 1 aliphatic rings. The number of carboxylic acids is 1. The molecule has 116 valence electrons. The first kappa shape index (κ1) is 15.6. The molecule has 2 rings (SSSR count). The van der Waals surface area contributed by atoms with Crippen molar-refractivity contribution in [3.05, 3.63) is 23.3 Å². The van der Waals surface area contributed by atoms with Crippen molar-refractivity contribution in [3.8, 4) is 0 Å². The van der Waals surface area contributed by atoms with Crippen molar-refractivity contribution in [2.75, 3.05) is 30.7 Å². The number of hydrogen-bond acceptors (Lipinski definition) is 4. The number of anilines is 2. The first-order valence-electron chi connectivity index (χ1n) is 7.60. The number of nitrogens with one attached hydrogen (secondary N) is 1. The second kappa shape index (κ2) is 6.80. The van der Waals surface area contributed by atoms with E-state index >= 15 is 0 Å². The summed E-state index contributed by atoms with van der Waals surface area (Å²) >= 11 is 0. The highest BCUT2D eigenvalue weighted by Crippen LogP contribution is 2.23. The van der Waals surface area contributed by atoms with Gasteiger partial charge in [0.25, 0.3) is 0 Å². The lowest BCUT2D eigenvalue weighted by Crippen LogP contribution is -2.41. The fraction of sp³-hybridized carbons (Fsp3) is 0.562. The number of carboxylic acid groups (broad SMARTS) is 1. The maximum absolute atomic E-state index is 11.2. The Balaban J connectivity index is 2.01. The van der Waals surface area contributed by atoms with E-state index in [9.17, 15) is 9.90 Å². The molecule has 1 saturated heterocycles. The van der Waals surface area contributed by atoms with Gasteiger partial charge in [-0.05, 0) is 57.5 Å². The van der Waals surface area contributed by atoms with Crippen molar-refractivity contribution < 1.29 is 9.90 Å². The zero-order chi connectivity index (χ0) is 15.4. The van der Waals surface area contributed by atoms with E-state index in [1.54, 1.807) is 6.07 Å². The van der Waals surface area contributed by atoms with Crippen LogP contribution in [0, 0.1) is 6.92 Å². The Kier molecular flexibility index (Phi) is 5.07. The minimum absolute atomic E-state index is 0.170. The molecule has 0 spiro atoms. The number of nitrogens with zero attached hydrogens (tertiary/aromatic N) is 1. The Morgan fingerprint density at radius 2 is 2.05 bits per heavy atom. The lowest BCUT2D eigenvalue weighted by Gasteiger charge is -2.32. The van der Waals surface area contributed by atoms with Gasteiger partial charge in [-0.3, -0.25) is 4.90 Å². The van der Waals surface area contributed by atoms with Crippen molar-refractivity contribution >= 4 is 17.3 Å². The number of aryl methyl sites for hydroxylation is 1. The Bertz CT molecular complexity index is 510. The van der Waals surface area contributed by atoms with Crippen LogP contribution in [0.2, 0.25) is 0 Å². The Morgan fingerprint density at radius 3 is 2.67 bits per heavy atom. The minimum atomic E-state index is -0.983. The molecule has 21 heavy (non-hydrogen) atoms. The number of piperidine rings is 1. The van der Waals surface area contributed by atoms with Gasteiger partial charge in [0.15, 0.2) is 0 Å². The molecular weight excluding hydrogens is 266 g/mol. The first-order chi connectivity index (χ1) is 9.99. The lowest BCUT2D eigenvalue weighted by molar-refractivity contribution is 0.0698. The molecule has 5 heteroatoms. The van der Waals surface area contributed by atoms with Gasteiger partial charge in [0, 0.05) is 24.0 Å². The van der Waals surface area contributed by atoms with Gasteiger partial charge < -0.3 is 16.2 Å². The average Bonchev–Trinajstić information content (AvgIpc) is 2.48. The van der Waals surface area contributed by atoms with E-state index in [1.165, 1.54) is 19.3 Å². The van der Waals surface area contributed by atoms with Crippen molar-refractivity contribution in [2.24, 2.45) is 0 Å². The highest BCUT2D eigenvalue weighted by atomic mass is 16.4. The quantitative estimate of drug-likeness (QED) is 0.727. The molecular formula is C16H25N3O2. The molecule has 1 aliphatic heterocycles. The van der Waals surface area contributed by atoms with Crippen LogP contribution in [-0.2, 0) is 0 Å². The molecule has 0 amide bonds. The zero-order valence-corrected chi connectivity index (χ0v) is 12.9. The molecule has 0 saturated carbocycles. The SMILES string of the molecule is Cc1cc(NCC(C)N2CCCCC2)cc(C(=O)O)c1N. The van der Waals surface area contributed by atoms with E-state index in [1.807, 2.05) is 13.0 Å². The number of aromatic carboxylic acids is 1. The molecule has 1 aromatic carbocycles. The molecule has 0 aliphatic carbocycles. The first-order valence-corrected chi connectivity index (χ1v) is 7.60. The number of nitrogens with two attached hydrogens (primary N) is 1. The highest BCUT2D eigenvalue weighted by molar-refractivity contribution is 5.95. The fourth-order valence-corrected chi connectivity index (χ4v) is 2.83. The summed E-state index contributed by atoms with van der Waals surface area (Å²) in [6.07, 6.45) is 3.87. The molecule has 1 heterocycles. The summed E-state index contributed by atoms with van der Waals surface area (Å²) < 4.78 is 0. The van der Waals surface area contributed by atoms with Gasteiger partial charge in [0.05, 0.1) is 5.56 Å². The molecule has 1 atom stereocenters. The molecule has 1 fully saturated rings. The van der Waals surface area contributed by atoms with Crippen LogP contribution in [0.1, 0.15) is 42.1 Å². The predicted octanol–water partition coefficient (Wildman–Crippen LogP) is 2.56. The van der Waals surface area contributed by atoms with Crippen LogP contribution in [0.15, 0.2) is 12.1 Å². The summed E-state index contributed by atoms with van der Waals surface area (Å²) in [4.78, 5) is 13.7. The number of nitrogen functional groups attached to an aromatic ring is 1. The minimum Gasteiger partial charge on any atom is -0.478 e. The normalized spacial score (nSPS) is 17.4. The van der Waals surface area contributed by atoms with Gasteiger partial charge in [-0.15, -0.1) is 0 Å². The van der Waals surface area contributed by atoms with Gasteiger partial charge in [0.1, 0.15) is 0 Å². The van der Waals surface area contributed by atoms with Crippen molar-refractivity contribution in [2.45, 2.75) is 39.2 Å². The molecule has 1 aromatic rings. The highest BCUT2D eigenvalue weighted by Gasteiger charge is 2.17. The summed E-state index contributed by atoms with van der Waals surface area (Å²) in [6.45, 7) is 7.16. The molecule has 5 nitrogen and oxygen atoms in total. The van der Waals surface area contributed by atoms with E-state index < -0.39 is 5.97 Å².